The molecule has 2 aromatic carbocycles. The number of sulfonamides is 1. The highest BCUT2D eigenvalue weighted by Gasteiger charge is 2.20. The number of aromatic nitrogens is 2. The van der Waals surface area contributed by atoms with Gasteiger partial charge in [-0.1, -0.05) is 17.7 Å². The van der Waals surface area contributed by atoms with Crippen molar-refractivity contribution in [1.29, 1.82) is 5.41 Å². The molecule has 13 heteroatoms. The number of urea groups is 1. The molecule has 10 nitrogen and oxygen atoms in total. The molecule has 0 saturated carbocycles. The lowest BCUT2D eigenvalue weighted by atomic mass is 10.1. The molecule has 0 atom stereocenters. The van der Waals surface area contributed by atoms with Gasteiger partial charge >= 0.3 is 6.03 Å². The van der Waals surface area contributed by atoms with E-state index in [1.165, 1.54) is 28.8 Å². The summed E-state index contributed by atoms with van der Waals surface area (Å²) in [6.45, 7) is 1.69. The fraction of sp³-hybridized carbons (Fsp3) is 0.0909. The lowest BCUT2D eigenvalue weighted by Crippen LogP contribution is -2.33. The molecule has 2 amide bonds. The van der Waals surface area contributed by atoms with E-state index in [4.69, 9.17) is 17.0 Å². The molecule has 180 valence electrons. The van der Waals surface area contributed by atoms with E-state index in [0.29, 0.717) is 33.7 Å². The van der Waals surface area contributed by atoms with Gasteiger partial charge in [-0.25, -0.2) is 22.9 Å². The molecule has 0 fully saturated rings. The number of thiophene rings is 1. The number of fused-ring (bicyclic) bond motifs is 1. The maximum Gasteiger partial charge on any atom is 0.333 e. The lowest BCUT2D eigenvalue weighted by Gasteiger charge is -2.13. The van der Waals surface area contributed by atoms with E-state index in [2.05, 4.69) is 15.6 Å². The van der Waals surface area contributed by atoms with Gasteiger partial charge in [-0.2, -0.15) is 0 Å². The number of aryl methyl sites for hydroxylation is 1. The average Bonchev–Trinajstić information content (AvgIpc) is 3.26. The lowest BCUT2D eigenvalue weighted by molar-refractivity contribution is 0.256. The number of hydrogen-bond acceptors (Lipinski definition) is 7. The molecule has 0 bridgehead atoms. The van der Waals surface area contributed by atoms with E-state index in [1.807, 2.05) is 4.72 Å². The quantitative estimate of drug-likeness (QED) is 0.229. The fourth-order valence-electron chi connectivity index (χ4n) is 3.37. The van der Waals surface area contributed by atoms with Crippen LogP contribution in [0.5, 0.6) is 0 Å². The van der Waals surface area contributed by atoms with E-state index >= 15 is 0 Å². The molecule has 0 spiro atoms. The summed E-state index contributed by atoms with van der Waals surface area (Å²) in [6, 6.07) is 13.1. The molecule has 4 rings (SSSR count). The van der Waals surface area contributed by atoms with Crippen molar-refractivity contribution in [1.82, 2.24) is 19.6 Å². The maximum atomic E-state index is 13.2. The predicted molar refractivity (Wildman–Crippen MR) is 137 cm³/mol. The number of hydrogen-bond donors (Lipinski definition) is 4. The smallest absolute Gasteiger partial charge is 0.333 e. The molecule has 4 aromatic rings. The van der Waals surface area contributed by atoms with Crippen LogP contribution in [0.2, 0.25) is 4.34 Å². The van der Waals surface area contributed by atoms with Gasteiger partial charge in [0.25, 0.3) is 15.6 Å². The van der Waals surface area contributed by atoms with E-state index in [-0.39, 0.29) is 19.9 Å². The van der Waals surface area contributed by atoms with Crippen LogP contribution in [0.3, 0.4) is 0 Å². The SMILES string of the molecule is CNC(=N)c1ccc2c(=O)n(-c3ccc(NC(=O)NS(=O)(=O)c4ccc(Cl)s4)cc3)c(C)nc2c1. The molecule has 2 aromatic heterocycles. The van der Waals surface area contributed by atoms with Crippen LogP contribution in [0, 0.1) is 12.3 Å². The number of anilines is 1. The van der Waals surface area contributed by atoms with E-state index in [1.54, 1.807) is 44.3 Å². The molecule has 0 radical (unpaired) electrons. The van der Waals surface area contributed by atoms with Gasteiger partial charge in [0.05, 0.1) is 20.9 Å². The number of carbonyl (C=O) groups excluding carboxylic acids is 1. The van der Waals surface area contributed by atoms with Crippen LogP contribution in [-0.4, -0.2) is 36.9 Å². The molecule has 4 N–H and O–H groups in total. The Balaban J connectivity index is 1.56. The predicted octanol–water partition coefficient (Wildman–Crippen LogP) is 3.46. The molecule has 0 aliphatic heterocycles. The summed E-state index contributed by atoms with van der Waals surface area (Å²) >= 11 is 6.60. The summed E-state index contributed by atoms with van der Waals surface area (Å²) < 4.78 is 28.1. The summed E-state index contributed by atoms with van der Waals surface area (Å²) in [6.07, 6.45) is 0. The zero-order valence-corrected chi connectivity index (χ0v) is 20.8. The summed E-state index contributed by atoms with van der Waals surface area (Å²) in [7, 11) is -2.41. The summed E-state index contributed by atoms with van der Waals surface area (Å²) in [5.41, 5.74) is 1.64. The van der Waals surface area contributed by atoms with Crippen LogP contribution in [0.25, 0.3) is 16.6 Å². The van der Waals surface area contributed by atoms with Crippen LogP contribution < -0.4 is 20.9 Å². The standard InChI is InChI=1S/C22H19ClN6O4S2/c1-12-26-17-11-13(20(24)25-2)3-8-16(17)21(30)29(12)15-6-4-14(5-7-15)27-22(31)28-35(32,33)19-10-9-18(23)34-19/h3-11H,1-2H3,(H2,24,25)(H2,27,28,31). The highest BCUT2D eigenvalue weighted by atomic mass is 35.5. The summed E-state index contributed by atoms with van der Waals surface area (Å²) in [4.78, 5) is 29.9. The topological polar surface area (TPSA) is 146 Å². The Bertz CT molecular complexity index is 1630. The minimum Gasteiger partial charge on any atom is -0.373 e. The van der Waals surface area contributed by atoms with Crippen molar-refractivity contribution < 1.29 is 13.2 Å². The van der Waals surface area contributed by atoms with Crippen LogP contribution in [0.15, 0.2) is 63.6 Å². The molecule has 0 aliphatic carbocycles. The van der Waals surface area contributed by atoms with Crippen LogP contribution in [0.4, 0.5) is 10.5 Å². The molecular weight excluding hydrogens is 512 g/mol. The first kappa shape index (κ1) is 24.4. The van der Waals surface area contributed by atoms with Gasteiger partial charge < -0.3 is 10.6 Å². The summed E-state index contributed by atoms with van der Waals surface area (Å²) in [5.74, 6) is 0.657. The zero-order valence-electron chi connectivity index (χ0n) is 18.4. The van der Waals surface area contributed by atoms with Gasteiger partial charge in [-0.05, 0) is 55.5 Å². The normalized spacial score (nSPS) is 11.3. The van der Waals surface area contributed by atoms with Crippen LogP contribution >= 0.6 is 22.9 Å². The van der Waals surface area contributed by atoms with Gasteiger partial charge in [-0.15, -0.1) is 11.3 Å². The van der Waals surface area contributed by atoms with Crippen molar-refractivity contribution in [3.63, 3.8) is 0 Å². The minimum atomic E-state index is -4.05. The van der Waals surface area contributed by atoms with Crippen molar-refractivity contribution >= 4 is 61.4 Å². The monoisotopic (exact) mass is 530 g/mol. The van der Waals surface area contributed by atoms with Crippen molar-refractivity contribution in [2.45, 2.75) is 11.1 Å². The second-order valence-electron chi connectivity index (χ2n) is 7.32. The third kappa shape index (κ3) is 5.04. The number of amides is 2. The van der Waals surface area contributed by atoms with E-state index in [9.17, 15) is 18.0 Å². The van der Waals surface area contributed by atoms with Gasteiger partial charge in [0.15, 0.2) is 0 Å². The number of carbonyl (C=O) groups is 1. The van der Waals surface area contributed by atoms with Crippen molar-refractivity contribution in [2.24, 2.45) is 0 Å². The van der Waals surface area contributed by atoms with Gasteiger partial charge in [0.1, 0.15) is 15.9 Å². The Labute approximate surface area is 209 Å². The Kier molecular flexibility index (Phi) is 6.61. The highest BCUT2D eigenvalue weighted by Crippen LogP contribution is 2.25. The Morgan fingerprint density at radius 3 is 2.46 bits per heavy atom. The number of rotatable bonds is 5. The third-order valence-electron chi connectivity index (χ3n) is 5.00. The fourth-order valence-corrected chi connectivity index (χ4v) is 5.76. The Hall–Kier alpha value is -3.74. The number of nitrogens with zero attached hydrogens (tertiary/aromatic N) is 2. The number of nitrogens with one attached hydrogen (secondary N) is 4. The van der Waals surface area contributed by atoms with Gasteiger partial charge in [0.2, 0.25) is 0 Å². The molecule has 0 saturated heterocycles. The molecule has 2 heterocycles. The Morgan fingerprint density at radius 2 is 1.83 bits per heavy atom. The van der Waals surface area contributed by atoms with Gasteiger partial charge in [0, 0.05) is 18.3 Å². The van der Waals surface area contributed by atoms with Crippen molar-refractivity contribution in [3.8, 4) is 5.69 Å². The number of halogens is 1. The first-order valence-corrected chi connectivity index (χ1v) is 12.8. The van der Waals surface area contributed by atoms with Crippen molar-refractivity contribution in [2.75, 3.05) is 12.4 Å². The molecular formula is C22H19ClN6O4S2. The van der Waals surface area contributed by atoms with Crippen LogP contribution in [0.1, 0.15) is 11.4 Å². The average molecular weight is 531 g/mol. The van der Waals surface area contributed by atoms with Crippen LogP contribution in [-0.2, 0) is 10.0 Å². The van der Waals surface area contributed by atoms with Crippen molar-refractivity contribution in [3.05, 3.63) is 80.7 Å². The second-order valence-corrected chi connectivity index (χ2v) is 10.9. The zero-order chi connectivity index (χ0) is 25.3. The molecule has 0 unspecified atom stereocenters. The molecule has 0 aliphatic rings. The third-order valence-corrected chi connectivity index (χ3v) is 8.05. The second kappa shape index (κ2) is 9.49. The maximum absolute atomic E-state index is 13.2. The Morgan fingerprint density at radius 1 is 1.11 bits per heavy atom. The van der Waals surface area contributed by atoms with Gasteiger partial charge in [-0.3, -0.25) is 14.8 Å². The highest BCUT2D eigenvalue weighted by molar-refractivity contribution is 7.92. The van der Waals surface area contributed by atoms with E-state index < -0.39 is 16.1 Å². The number of amidine groups is 1. The largest absolute Gasteiger partial charge is 0.373 e. The first-order chi connectivity index (χ1) is 16.6. The number of benzene rings is 2. The summed E-state index contributed by atoms with van der Waals surface area (Å²) in [5, 5.41) is 13.5. The molecule has 35 heavy (non-hydrogen) atoms. The first-order valence-electron chi connectivity index (χ1n) is 10.1. The minimum absolute atomic E-state index is 0.0819. The van der Waals surface area contributed by atoms with E-state index in [0.717, 1.165) is 11.3 Å².